The summed E-state index contributed by atoms with van der Waals surface area (Å²) in [4.78, 5) is 1.15. The maximum absolute atomic E-state index is 13.7. The summed E-state index contributed by atoms with van der Waals surface area (Å²) in [7, 11) is 0. The van der Waals surface area contributed by atoms with Gasteiger partial charge >= 0.3 is 0 Å². The standard InChI is InChI=1S/C15H19BrFN3S/c1-3-8-18-13(15-12(4-2)19-20-21-15)9-10-6-5-7-11(17)14(10)16/h5-7,13,18H,3-4,8-9H2,1-2H3. The minimum Gasteiger partial charge on any atom is -0.309 e. The van der Waals surface area contributed by atoms with Gasteiger partial charge < -0.3 is 5.32 Å². The fourth-order valence-electron chi connectivity index (χ4n) is 2.23. The van der Waals surface area contributed by atoms with Crippen LogP contribution >= 0.6 is 27.5 Å². The van der Waals surface area contributed by atoms with Crippen molar-refractivity contribution >= 4 is 27.5 Å². The number of nitrogens with zero attached hydrogens (tertiary/aromatic N) is 2. The molecule has 1 N–H and O–H groups in total. The third-order valence-electron chi connectivity index (χ3n) is 3.33. The largest absolute Gasteiger partial charge is 0.309 e. The SMILES string of the molecule is CCCNC(Cc1cccc(F)c1Br)c1snnc1CC. The molecular formula is C15H19BrFN3S. The summed E-state index contributed by atoms with van der Waals surface area (Å²) in [5, 5.41) is 7.72. The van der Waals surface area contributed by atoms with E-state index in [2.05, 4.69) is 44.7 Å². The van der Waals surface area contributed by atoms with E-state index in [4.69, 9.17) is 0 Å². The third-order valence-corrected chi connectivity index (χ3v) is 5.10. The van der Waals surface area contributed by atoms with Gasteiger partial charge in [0.25, 0.3) is 0 Å². The number of hydrogen-bond acceptors (Lipinski definition) is 4. The number of hydrogen-bond donors (Lipinski definition) is 1. The third kappa shape index (κ3) is 4.08. The molecule has 1 unspecified atom stereocenters. The Hall–Kier alpha value is -0.850. The minimum absolute atomic E-state index is 0.123. The first kappa shape index (κ1) is 16.5. The second kappa shape index (κ2) is 7.96. The summed E-state index contributed by atoms with van der Waals surface area (Å²) in [5.74, 6) is -0.222. The lowest BCUT2D eigenvalue weighted by atomic mass is 10.0. The molecule has 1 aromatic carbocycles. The van der Waals surface area contributed by atoms with Gasteiger partial charge in [-0.2, -0.15) is 0 Å². The predicted molar refractivity (Wildman–Crippen MR) is 88.1 cm³/mol. The first-order valence-electron chi connectivity index (χ1n) is 7.14. The van der Waals surface area contributed by atoms with Crippen LogP contribution in [-0.4, -0.2) is 16.1 Å². The summed E-state index contributed by atoms with van der Waals surface area (Å²) < 4.78 is 18.3. The molecule has 114 valence electrons. The molecule has 0 radical (unpaired) electrons. The minimum atomic E-state index is -0.222. The average Bonchev–Trinajstić information content (AvgIpc) is 2.96. The molecule has 1 atom stereocenters. The van der Waals surface area contributed by atoms with Crippen LogP contribution < -0.4 is 5.32 Å². The predicted octanol–water partition coefficient (Wildman–Crippen LogP) is 4.29. The number of halogens is 2. The maximum atomic E-state index is 13.7. The molecule has 0 bridgehead atoms. The van der Waals surface area contributed by atoms with Gasteiger partial charge in [-0.3, -0.25) is 0 Å². The van der Waals surface area contributed by atoms with E-state index in [0.29, 0.717) is 4.47 Å². The van der Waals surface area contributed by atoms with Gasteiger partial charge in [0.1, 0.15) is 5.82 Å². The Balaban J connectivity index is 2.26. The van der Waals surface area contributed by atoms with E-state index in [0.717, 1.165) is 41.9 Å². The lowest BCUT2D eigenvalue weighted by Crippen LogP contribution is -2.24. The smallest absolute Gasteiger partial charge is 0.137 e. The molecule has 1 heterocycles. The molecule has 0 aliphatic heterocycles. The highest BCUT2D eigenvalue weighted by Gasteiger charge is 2.20. The van der Waals surface area contributed by atoms with Crippen LogP contribution in [0.3, 0.4) is 0 Å². The van der Waals surface area contributed by atoms with Crippen molar-refractivity contribution in [3.8, 4) is 0 Å². The Labute approximate surface area is 137 Å². The molecule has 6 heteroatoms. The number of rotatable bonds is 7. The van der Waals surface area contributed by atoms with Crippen LogP contribution in [0.15, 0.2) is 22.7 Å². The van der Waals surface area contributed by atoms with Crippen molar-refractivity contribution in [3.63, 3.8) is 0 Å². The van der Waals surface area contributed by atoms with Crippen molar-refractivity contribution in [1.82, 2.24) is 14.9 Å². The quantitative estimate of drug-likeness (QED) is 0.788. The fourth-order valence-corrected chi connectivity index (χ4v) is 3.47. The normalized spacial score (nSPS) is 12.6. The fraction of sp³-hybridized carbons (Fsp3) is 0.467. The zero-order valence-electron chi connectivity index (χ0n) is 12.2. The van der Waals surface area contributed by atoms with E-state index in [1.165, 1.54) is 17.6 Å². The number of aromatic nitrogens is 2. The second-order valence-electron chi connectivity index (χ2n) is 4.86. The Kier molecular flexibility index (Phi) is 6.26. The first-order valence-corrected chi connectivity index (χ1v) is 8.71. The molecule has 2 aromatic rings. The van der Waals surface area contributed by atoms with Gasteiger partial charge in [-0.25, -0.2) is 4.39 Å². The monoisotopic (exact) mass is 371 g/mol. The van der Waals surface area contributed by atoms with Crippen molar-refractivity contribution in [2.75, 3.05) is 6.54 Å². The Bertz CT molecular complexity index is 588. The van der Waals surface area contributed by atoms with Crippen LogP contribution in [0, 0.1) is 5.82 Å². The van der Waals surface area contributed by atoms with Gasteiger partial charge in [-0.15, -0.1) is 5.10 Å². The van der Waals surface area contributed by atoms with Gasteiger partial charge in [0.15, 0.2) is 0 Å². The van der Waals surface area contributed by atoms with Crippen LogP contribution in [0.4, 0.5) is 4.39 Å². The van der Waals surface area contributed by atoms with Crippen molar-refractivity contribution in [2.24, 2.45) is 0 Å². The van der Waals surface area contributed by atoms with Gasteiger partial charge in [-0.05, 0) is 64.9 Å². The zero-order valence-corrected chi connectivity index (χ0v) is 14.6. The molecule has 3 nitrogen and oxygen atoms in total. The molecule has 0 aliphatic rings. The van der Waals surface area contributed by atoms with E-state index in [9.17, 15) is 4.39 Å². The number of benzene rings is 1. The van der Waals surface area contributed by atoms with E-state index < -0.39 is 0 Å². The lowest BCUT2D eigenvalue weighted by Gasteiger charge is -2.18. The van der Waals surface area contributed by atoms with Crippen molar-refractivity contribution in [2.45, 2.75) is 39.2 Å². The Morgan fingerprint density at radius 3 is 2.90 bits per heavy atom. The van der Waals surface area contributed by atoms with E-state index in [-0.39, 0.29) is 11.9 Å². The molecule has 0 aliphatic carbocycles. The second-order valence-corrected chi connectivity index (χ2v) is 6.44. The highest BCUT2D eigenvalue weighted by Crippen LogP contribution is 2.29. The average molecular weight is 372 g/mol. The van der Waals surface area contributed by atoms with Crippen molar-refractivity contribution < 1.29 is 4.39 Å². The van der Waals surface area contributed by atoms with Crippen LogP contribution in [0.2, 0.25) is 0 Å². The van der Waals surface area contributed by atoms with Crippen LogP contribution in [-0.2, 0) is 12.8 Å². The summed E-state index contributed by atoms with van der Waals surface area (Å²) in [5.41, 5.74) is 1.99. The highest BCUT2D eigenvalue weighted by atomic mass is 79.9. The lowest BCUT2D eigenvalue weighted by molar-refractivity contribution is 0.528. The van der Waals surface area contributed by atoms with Crippen LogP contribution in [0.5, 0.6) is 0 Å². The van der Waals surface area contributed by atoms with Crippen LogP contribution in [0.25, 0.3) is 0 Å². The molecule has 0 saturated heterocycles. The molecule has 0 spiro atoms. The van der Waals surface area contributed by atoms with E-state index in [1.807, 2.05) is 6.07 Å². The Morgan fingerprint density at radius 2 is 2.19 bits per heavy atom. The molecule has 21 heavy (non-hydrogen) atoms. The molecule has 1 aromatic heterocycles. The first-order chi connectivity index (χ1) is 10.2. The van der Waals surface area contributed by atoms with Gasteiger partial charge in [-0.1, -0.05) is 30.5 Å². The van der Waals surface area contributed by atoms with Crippen molar-refractivity contribution in [3.05, 3.63) is 44.6 Å². The summed E-state index contributed by atoms with van der Waals surface area (Å²) >= 11 is 4.77. The van der Waals surface area contributed by atoms with Crippen LogP contribution in [0.1, 0.15) is 42.4 Å². The summed E-state index contributed by atoms with van der Waals surface area (Å²) in [6, 6.07) is 5.29. The topological polar surface area (TPSA) is 37.8 Å². The summed E-state index contributed by atoms with van der Waals surface area (Å²) in [6.07, 6.45) is 2.63. The number of nitrogens with one attached hydrogen (secondary N) is 1. The zero-order chi connectivity index (χ0) is 15.2. The van der Waals surface area contributed by atoms with Gasteiger partial charge in [0, 0.05) is 6.04 Å². The molecule has 0 fully saturated rings. The number of aryl methyl sites for hydroxylation is 1. The van der Waals surface area contributed by atoms with E-state index in [1.54, 1.807) is 6.07 Å². The molecule has 2 rings (SSSR count). The Morgan fingerprint density at radius 1 is 1.38 bits per heavy atom. The highest BCUT2D eigenvalue weighted by molar-refractivity contribution is 9.10. The van der Waals surface area contributed by atoms with Crippen molar-refractivity contribution in [1.29, 1.82) is 0 Å². The maximum Gasteiger partial charge on any atom is 0.137 e. The van der Waals surface area contributed by atoms with Gasteiger partial charge in [0.2, 0.25) is 0 Å². The molecule has 0 amide bonds. The van der Waals surface area contributed by atoms with Gasteiger partial charge in [0.05, 0.1) is 15.0 Å². The molecular weight excluding hydrogens is 353 g/mol. The van der Waals surface area contributed by atoms with E-state index >= 15 is 0 Å². The molecule has 0 saturated carbocycles. The summed E-state index contributed by atoms with van der Waals surface area (Å²) in [6.45, 7) is 5.13.